The Balaban J connectivity index is 1.83. The summed E-state index contributed by atoms with van der Waals surface area (Å²) >= 11 is 1.76. The highest BCUT2D eigenvalue weighted by atomic mass is 32.2. The first-order valence-electron chi connectivity index (χ1n) is 15.9. The second-order valence-corrected chi connectivity index (χ2v) is 12.4. The average Bonchev–Trinajstić information content (AvgIpc) is 3.02. The van der Waals surface area contributed by atoms with E-state index >= 15 is 0 Å². The van der Waals surface area contributed by atoms with Gasteiger partial charge >= 0.3 is 11.9 Å². The summed E-state index contributed by atoms with van der Waals surface area (Å²) in [6.45, 7) is 4.34. The summed E-state index contributed by atoms with van der Waals surface area (Å²) in [6, 6.07) is 14.0. The van der Waals surface area contributed by atoms with Crippen LogP contribution in [0.25, 0.3) is 11.0 Å². The van der Waals surface area contributed by atoms with E-state index in [2.05, 4.69) is 38.1 Å². The van der Waals surface area contributed by atoms with Gasteiger partial charge < -0.3 is 13.9 Å². The molecular formula is C36H48O6S. The summed E-state index contributed by atoms with van der Waals surface area (Å²) < 4.78 is 15.6. The molecule has 1 aromatic heterocycles. The molecule has 0 aliphatic rings. The number of esters is 2. The number of hydrogen-bond acceptors (Lipinski definition) is 7. The van der Waals surface area contributed by atoms with Crippen LogP contribution in [-0.4, -0.2) is 26.2 Å². The van der Waals surface area contributed by atoms with Gasteiger partial charge in [0.25, 0.3) is 0 Å². The fourth-order valence-electron chi connectivity index (χ4n) is 5.39. The lowest BCUT2D eigenvalue weighted by Crippen LogP contribution is -2.09. The Hall–Kier alpha value is -3.06. The SMILES string of the molecule is CCCCCCCCCc1ccc(C(CCCCC(=O)OC)Sc2ccc3c(=O)cc(C(=O)OC)oc3c2CCC)cc1. The summed E-state index contributed by atoms with van der Waals surface area (Å²) in [7, 11) is 2.70. The smallest absolute Gasteiger partial charge is 0.374 e. The Morgan fingerprint density at radius 1 is 0.814 bits per heavy atom. The van der Waals surface area contributed by atoms with Crippen molar-refractivity contribution in [3.05, 3.63) is 75.1 Å². The van der Waals surface area contributed by atoms with Gasteiger partial charge in [0.15, 0.2) is 5.43 Å². The monoisotopic (exact) mass is 608 g/mol. The van der Waals surface area contributed by atoms with Gasteiger partial charge in [-0.1, -0.05) is 89.5 Å². The van der Waals surface area contributed by atoms with Crippen molar-refractivity contribution in [1.82, 2.24) is 0 Å². The fourth-order valence-corrected chi connectivity index (χ4v) is 6.76. The maximum Gasteiger partial charge on any atom is 0.374 e. The molecule has 0 aliphatic carbocycles. The van der Waals surface area contributed by atoms with E-state index in [1.807, 2.05) is 6.07 Å². The minimum Gasteiger partial charge on any atom is -0.469 e. The number of carbonyl (C=O) groups excluding carboxylic acids is 2. The Bertz CT molecular complexity index is 1360. The fraction of sp³-hybridized carbons (Fsp3) is 0.528. The molecule has 0 spiro atoms. The van der Waals surface area contributed by atoms with E-state index in [0.29, 0.717) is 23.8 Å². The molecule has 3 aromatic rings. The number of carbonyl (C=O) groups is 2. The summed E-state index contributed by atoms with van der Waals surface area (Å²) in [4.78, 5) is 37.8. The highest BCUT2D eigenvalue weighted by molar-refractivity contribution is 7.99. The molecule has 0 aliphatic heterocycles. The topological polar surface area (TPSA) is 82.8 Å². The van der Waals surface area contributed by atoms with Gasteiger partial charge in [0.05, 0.1) is 19.6 Å². The molecule has 1 unspecified atom stereocenters. The van der Waals surface area contributed by atoms with E-state index in [0.717, 1.165) is 42.6 Å². The molecule has 0 N–H and O–H groups in total. The number of thioether (sulfide) groups is 1. The maximum atomic E-state index is 12.9. The van der Waals surface area contributed by atoms with E-state index in [4.69, 9.17) is 13.9 Å². The first kappa shape index (κ1) is 34.4. The van der Waals surface area contributed by atoms with Crippen LogP contribution in [0, 0.1) is 0 Å². The summed E-state index contributed by atoms with van der Waals surface area (Å²) in [5.74, 6) is -0.940. The zero-order chi connectivity index (χ0) is 31.0. The number of rotatable bonds is 19. The Morgan fingerprint density at radius 3 is 2.21 bits per heavy atom. The summed E-state index contributed by atoms with van der Waals surface area (Å²) in [5, 5.41) is 0.610. The molecule has 0 bridgehead atoms. The van der Waals surface area contributed by atoms with Crippen LogP contribution in [0.1, 0.15) is 123 Å². The van der Waals surface area contributed by atoms with Crippen molar-refractivity contribution in [3.63, 3.8) is 0 Å². The lowest BCUT2D eigenvalue weighted by Gasteiger charge is -2.20. The van der Waals surface area contributed by atoms with Crippen LogP contribution in [0.2, 0.25) is 0 Å². The van der Waals surface area contributed by atoms with Crippen LogP contribution < -0.4 is 5.43 Å². The zero-order valence-corrected chi connectivity index (χ0v) is 27.2. The minimum atomic E-state index is -0.667. The third-order valence-corrected chi connectivity index (χ3v) is 9.29. The van der Waals surface area contributed by atoms with Crippen LogP contribution in [0.15, 0.2) is 56.6 Å². The molecule has 1 heterocycles. The van der Waals surface area contributed by atoms with Gasteiger partial charge in [0, 0.05) is 28.2 Å². The van der Waals surface area contributed by atoms with Crippen LogP contribution in [0.4, 0.5) is 0 Å². The van der Waals surface area contributed by atoms with Gasteiger partial charge in [-0.15, -0.1) is 11.8 Å². The summed E-state index contributed by atoms with van der Waals surface area (Å²) in [5.41, 5.74) is 3.73. The average molecular weight is 609 g/mol. The molecule has 0 radical (unpaired) electrons. The number of ether oxygens (including phenoxy) is 2. The van der Waals surface area contributed by atoms with Crippen molar-refractivity contribution in [2.75, 3.05) is 14.2 Å². The molecule has 0 saturated heterocycles. The van der Waals surface area contributed by atoms with Crippen LogP contribution in [0.3, 0.4) is 0 Å². The number of methoxy groups -OCH3 is 2. The molecule has 7 heteroatoms. The molecule has 234 valence electrons. The van der Waals surface area contributed by atoms with Crippen molar-refractivity contribution in [1.29, 1.82) is 0 Å². The van der Waals surface area contributed by atoms with Gasteiger partial charge in [-0.05, 0) is 55.4 Å². The molecule has 0 fully saturated rings. The Kier molecular flexibility index (Phi) is 14.9. The molecule has 3 rings (SSSR count). The van der Waals surface area contributed by atoms with Gasteiger partial charge in [-0.2, -0.15) is 0 Å². The lowest BCUT2D eigenvalue weighted by atomic mass is 10.0. The van der Waals surface area contributed by atoms with E-state index in [-0.39, 0.29) is 22.4 Å². The van der Waals surface area contributed by atoms with Crippen LogP contribution in [0.5, 0.6) is 0 Å². The molecule has 0 saturated carbocycles. The van der Waals surface area contributed by atoms with Crippen LogP contribution >= 0.6 is 11.8 Å². The maximum absolute atomic E-state index is 12.9. The first-order valence-corrected chi connectivity index (χ1v) is 16.8. The van der Waals surface area contributed by atoms with Gasteiger partial charge in [0.1, 0.15) is 5.58 Å². The predicted octanol–water partition coefficient (Wildman–Crippen LogP) is 9.39. The van der Waals surface area contributed by atoms with E-state index in [1.165, 1.54) is 76.4 Å². The highest BCUT2D eigenvalue weighted by Gasteiger charge is 2.21. The largest absolute Gasteiger partial charge is 0.469 e. The molecule has 1 atom stereocenters. The van der Waals surface area contributed by atoms with Gasteiger partial charge in [-0.25, -0.2) is 4.79 Å². The Labute approximate surface area is 260 Å². The second kappa shape index (κ2) is 18.6. The molecule has 2 aromatic carbocycles. The molecule has 6 nitrogen and oxygen atoms in total. The van der Waals surface area contributed by atoms with E-state index in [9.17, 15) is 14.4 Å². The van der Waals surface area contributed by atoms with Crippen molar-refractivity contribution in [3.8, 4) is 0 Å². The zero-order valence-electron chi connectivity index (χ0n) is 26.4. The normalized spacial score (nSPS) is 11.9. The predicted molar refractivity (Wildman–Crippen MR) is 175 cm³/mol. The number of hydrogen-bond donors (Lipinski definition) is 0. The van der Waals surface area contributed by atoms with Crippen molar-refractivity contribution in [2.45, 2.75) is 114 Å². The summed E-state index contributed by atoms with van der Waals surface area (Å²) in [6.07, 6.45) is 14.7. The standard InChI is InChI=1S/C36H48O6S/c1-5-7-8-9-10-11-12-16-26-19-21-27(22-20-26)32(17-13-14-18-34(38)40-3)43-33-24-23-28-30(37)25-31(36(39)41-4)42-35(28)29(33)15-6-2/h19-25,32H,5-18H2,1-4H3. The number of aryl methyl sites for hydroxylation is 2. The number of benzene rings is 2. The van der Waals surface area contributed by atoms with Gasteiger partial charge in [0.2, 0.25) is 5.76 Å². The molecular weight excluding hydrogens is 560 g/mol. The van der Waals surface area contributed by atoms with Crippen molar-refractivity contribution < 1.29 is 23.5 Å². The van der Waals surface area contributed by atoms with Crippen molar-refractivity contribution in [2.24, 2.45) is 0 Å². The quantitative estimate of drug-likeness (QED) is 0.0761. The third kappa shape index (κ3) is 10.6. The van der Waals surface area contributed by atoms with Gasteiger partial charge in [-0.3, -0.25) is 9.59 Å². The van der Waals surface area contributed by atoms with E-state index < -0.39 is 5.97 Å². The minimum absolute atomic E-state index is 0.0876. The highest BCUT2D eigenvalue weighted by Crippen LogP contribution is 2.42. The molecule has 43 heavy (non-hydrogen) atoms. The Morgan fingerprint density at radius 2 is 1.53 bits per heavy atom. The van der Waals surface area contributed by atoms with E-state index in [1.54, 1.807) is 17.8 Å². The second-order valence-electron chi connectivity index (χ2n) is 11.2. The first-order chi connectivity index (χ1) is 20.9. The molecule has 0 amide bonds. The number of fused-ring (bicyclic) bond motifs is 1. The van der Waals surface area contributed by atoms with Crippen molar-refractivity contribution >= 4 is 34.7 Å². The van der Waals surface area contributed by atoms with Crippen LogP contribution in [-0.2, 0) is 27.1 Å². The third-order valence-electron chi connectivity index (χ3n) is 7.86. The lowest BCUT2D eigenvalue weighted by molar-refractivity contribution is -0.140. The number of unbranched alkanes of at least 4 members (excludes halogenated alkanes) is 7.